The molecule has 0 fully saturated rings. The maximum absolute atomic E-state index is 11.5. The van der Waals surface area contributed by atoms with Crippen molar-refractivity contribution in [2.24, 2.45) is 0 Å². The van der Waals surface area contributed by atoms with Gasteiger partial charge in [-0.15, -0.1) is 0 Å². The van der Waals surface area contributed by atoms with Crippen LogP contribution in [0.4, 0.5) is 0 Å². The zero-order valence-corrected chi connectivity index (χ0v) is 25.6. The molecule has 2 N–H and O–H groups in total. The van der Waals surface area contributed by atoms with Crippen LogP contribution in [0.5, 0.6) is 46.0 Å². The smallest absolute Gasteiger partial charge is 0.201 e. The lowest BCUT2D eigenvalue weighted by Gasteiger charge is -2.36. The number of ether oxygens (including phenoxy) is 5. The van der Waals surface area contributed by atoms with Crippen LogP contribution >= 0.6 is 0 Å². The molecule has 0 radical (unpaired) electrons. The second kappa shape index (κ2) is 11.6. The summed E-state index contributed by atoms with van der Waals surface area (Å²) < 4.78 is 30.3. The summed E-state index contributed by atoms with van der Waals surface area (Å²) >= 11 is 0. The van der Waals surface area contributed by atoms with Gasteiger partial charge in [-0.1, -0.05) is 18.2 Å². The van der Waals surface area contributed by atoms with Crippen molar-refractivity contribution in [1.82, 2.24) is 10.2 Å². The number of phenolic OH excluding ortho intramolecular Hbond substituents is 1. The van der Waals surface area contributed by atoms with E-state index >= 15 is 0 Å². The largest absolute Gasteiger partial charge is 0.502 e. The minimum absolute atomic E-state index is 0.00862. The number of nitrogens with zero attached hydrogens (tertiary/aromatic N) is 1. The van der Waals surface area contributed by atoms with Gasteiger partial charge >= 0.3 is 0 Å². The van der Waals surface area contributed by atoms with Crippen LogP contribution in [0.1, 0.15) is 45.5 Å². The topological polar surface area (TPSA) is 81.7 Å². The van der Waals surface area contributed by atoms with Crippen LogP contribution in [-0.2, 0) is 25.7 Å². The van der Waals surface area contributed by atoms with Crippen LogP contribution in [0.15, 0.2) is 60.7 Å². The molecule has 0 saturated heterocycles. The van der Waals surface area contributed by atoms with Crippen molar-refractivity contribution in [2.45, 2.75) is 37.8 Å². The van der Waals surface area contributed by atoms with Gasteiger partial charge in [0.25, 0.3) is 0 Å². The fourth-order valence-electron chi connectivity index (χ4n) is 6.91. The Kier molecular flexibility index (Phi) is 7.48. The molecule has 0 spiro atoms. The van der Waals surface area contributed by atoms with E-state index in [0.717, 1.165) is 66.1 Å². The fraction of sp³-hybridized carbons (Fsp3) is 0.333. The molecule has 4 aliphatic rings. The molecule has 44 heavy (non-hydrogen) atoms. The van der Waals surface area contributed by atoms with Gasteiger partial charge < -0.3 is 34.1 Å². The summed E-state index contributed by atoms with van der Waals surface area (Å²) in [5, 5.41) is 15.2. The molecular formula is C36H38N2O6. The van der Waals surface area contributed by atoms with Crippen molar-refractivity contribution in [1.29, 1.82) is 0 Å². The Morgan fingerprint density at radius 2 is 1.64 bits per heavy atom. The highest BCUT2D eigenvalue weighted by molar-refractivity contribution is 5.62. The maximum atomic E-state index is 11.5. The first-order valence-corrected chi connectivity index (χ1v) is 15.1. The Morgan fingerprint density at radius 3 is 2.41 bits per heavy atom. The summed E-state index contributed by atoms with van der Waals surface area (Å²) in [6, 6.07) is 20.4. The minimum Gasteiger partial charge on any atom is -0.502 e. The van der Waals surface area contributed by atoms with Crippen LogP contribution < -0.4 is 29.0 Å². The highest BCUT2D eigenvalue weighted by Crippen LogP contribution is 2.49. The number of fused-ring (bicyclic) bond motifs is 2. The normalized spacial score (nSPS) is 19.1. The van der Waals surface area contributed by atoms with E-state index in [-0.39, 0.29) is 17.8 Å². The molecule has 0 amide bonds. The molecule has 6 bridgehead atoms. The van der Waals surface area contributed by atoms with Crippen molar-refractivity contribution >= 4 is 0 Å². The van der Waals surface area contributed by atoms with E-state index in [1.807, 2.05) is 36.4 Å². The number of benzene rings is 4. The first-order chi connectivity index (χ1) is 21.4. The number of methoxy groups -OCH3 is 3. The fourth-order valence-corrected chi connectivity index (χ4v) is 6.91. The lowest BCUT2D eigenvalue weighted by Crippen LogP contribution is -2.34. The first-order valence-electron chi connectivity index (χ1n) is 15.1. The second-order valence-electron chi connectivity index (χ2n) is 11.8. The van der Waals surface area contributed by atoms with Gasteiger partial charge in [0, 0.05) is 35.8 Å². The Balaban J connectivity index is 1.43. The van der Waals surface area contributed by atoms with Gasteiger partial charge in [0.05, 0.1) is 21.3 Å². The summed E-state index contributed by atoms with van der Waals surface area (Å²) in [7, 11) is 7.09. The van der Waals surface area contributed by atoms with Gasteiger partial charge in [0.2, 0.25) is 5.75 Å². The Labute approximate surface area is 258 Å². The third-order valence-electron chi connectivity index (χ3n) is 9.21. The molecule has 2 atom stereocenters. The Bertz CT molecular complexity index is 1700. The van der Waals surface area contributed by atoms with E-state index in [2.05, 4.69) is 41.5 Å². The molecule has 4 heterocycles. The number of likely N-dealkylation sites (N-methyl/N-ethyl adjacent to an activating group) is 1. The molecule has 8 nitrogen and oxygen atoms in total. The van der Waals surface area contributed by atoms with Gasteiger partial charge in [-0.3, -0.25) is 4.90 Å². The quantitative estimate of drug-likeness (QED) is 0.278. The summed E-state index contributed by atoms with van der Waals surface area (Å²) in [5.74, 6) is 4.33. The van der Waals surface area contributed by atoms with E-state index in [4.69, 9.17) is 23.7 Å². The zero-order valence-electron chi connectivity index (χ0n) is 25.6. The van der Waals surface area contributed by atoms with Crippen LogP contribution in [-0.4, -0.2) is 51.5 Å². The highest BCUT2D eigenvalue weighted by atomic mass is 16.5. The van der Waals surface area contributed by atoms with E-state index in [0.29, 0.717) is 35.2 Å². The van der Waals surface area contributed by atoms with Crippen molar-refractivity contribution in [2.75, 3.05) is 41.5 Å². The van der Waals surface area contributed by atoms with Gasteiger partial charge in [-0.25, -0.2) is 0 Å². The van der Waals surface area contributed by atoms with Crippen LogP contribution in [0, 0.1) is 0 Å². The number of rotatable bonds is 3. The number of aromatic hydroxyl groups is 1. The summed E-state index contributed by atoms with van der Waals surface area (Å²) in [6.45, 7) is 1.67. The van der Waals surface area contributed by atoms with Gasteiger partial charge in [-0.05, 0) is 97.9 Å². The average Bonchev–Trinajstić information content (AvgIpc) is 3.03. The van der Waals surface area contributed by atoms with Crippen LogP contribution in [0.2, 0.25) is 0 Å². The first kappa shape index (κ1) is 28.4. The minimum atomic E-state index is -0.0341. The molecular weight excluding hydrogens is 556 g/mol. The molecule has 0 unspecified atom stereocenters. The summed E-state index contributed by atoms with van der Waals surface area (Å²) in [5.41, 5.74) is 6.59. The molecule has 4 aliphatic heterocycles. The number of hydrogen-bond acceptors (Lipinski definition) is 8. The lowest BCUT2D eigenvalue weighted by atomic mass is 9.87. The van der Waals surface area contributed by atoms with Crippen molar-refractivity contribution < 1.29 is 28.8 Å². The second-order valence-corrected chi connectivity index (χ2v) is 11.8. The molecule has 4 aromatic rings. The molecule has 0 aromatic heterocycles. The van der Waals surface area contributed by atoms with E-state index in [1.54, 1.807) is 21.3 Å². The Hall–Kier alpha value is -4.40. The predicted molar refractivity (Wildman–Crippen MR) is 168 cm³/mol. The van der Waals surface area contributed by atoms with Crippen molar-refractivity contribution in [3.63, 3.8) is 0 Å². The molecule has 8 rings (SSSR count). The Morgan fingerprint density at radius 1 is 0.818 bits per heavy atom. The standard InChI is InChI=1S/C36H38N2O6/c1-38-14-12-23-18-25(40-2)19-32-34(23)29(38)16-21-5-8-24(9-6-21)43-31-17-22(7-10-30(31)41-3)15-28-27-20-33(44-32)35(39)36(42-4)26(27)11-13-37-28/h5-10,17-20,28-29,37,39H,11-16H2,1-4H3/t28-,29+/m1/s1. The zero-order chi connectivity index (χ0) is 30.4. The average molecular weight is 595 g/mol. The highest BCUT2D eigenvalue weighted by Gasteiger charge is 2.32. The number of phenols is 1. The van der Waals surface area contributed by atoms with Gasteiger partial charge in [0.1, 0.15) is 17.2 Å². The van der Waals surface area contributed by atoms with Gasteiger partial charge in [0.15, 0.2) is 23.0 Å². The molecule has 228 valence electrons. The SMILES string of the molecule is COc1cc2c3c(c1)Oc1cc4c(c(OC)c1O)CCN[C@@H]4Cc1ccc(OC)c(c1)Oc1ccc(cc1)C[C@@H]3N(C)CC2. The van der Waals surface area contributed by atoms with Crippen LogP contribution in [0.3, 0.4) is 0 Å². The number of hydrogen-bond donors (Lipinski definition) is 2. The monoisotopic (exact) mass is 594 g/mol. The molecule has 4 aromatic carbocycles. The lowest BCUT2D eigenvalue weighted by molar-refractivity contribution is 0.223. The molecule has 0 saturated carbocycles. The van der Waals surface area contributed by atoms with E-state index < -0.39 is 0 Å². The molecule has 8 heteroatoms. The van der Waals surface area contributed by atoms with Crippen molar-refractivity contribution in [3.8, 4) is 46.0 Å². The summed E-state index contributed by atoms with van der Waals surface area (Å²) in [6.07, 6.45) is 3.07. The van der Waals surface area contributed by atoms with Crippen LogP contribution in [0.25, 0.3) is 0 Å². The van der Waals surface area contributed by atoms with Gasteiger partial charge in [-0.2, -0.15) is 0 Å². The number of nitrogens with one attached hydrogen (secondary N) is 1. The van der Waals surface area contributed by atoms with Crippen molar-refractivity contribution in [3.05, 3.63) is 94.0 Å². The predicted octanol–water partition coefficient (Wildman–Crippen LogP) is 6.52. The van der Waals surface area contributed by atoms with E-state index in [1.165, 1.54) is 11.1 Å². The van der Waals surface area contributed by atoms with E-state index in [9.17, 15) is 5.11 Å². The third kappa shape index (κ3) is 5.08. The summed E-state index contributed by atoms with van der Waals surface area (Å²) in [4.78, 5) is 2.37. The molecule has 0 aliphatic carbocycles. The maximum Gasteiger partial charge on any atom is 0.201 e. The third-order valence-corrected chi connectivity index (χ3v) is 9.21.